The number of hydrogen-bond acceptors (Lipinski definition) is 4. The highest BCUT2D eigenvalue weighted by Crippen LogP contribution is 2.31. The fourth-order valence-corrected chi connectivity index (χ4v) is 3.57. The molecule has 2 aliphatic rings. The summed E-state index contributed by atoms with van der Waals surface area (Å²) in [5.41, 5.74) is 1.97. The molecule has 0 aliphatic carbocycles. The fraction of sp³-hybridized carbons (Fsp3) is 0.471. The van der Waals surface area contributed by atoms with E-state index in [1.807, 2.05) is 12.1 Å². The summed E-state index contributed by atoms with van der Waals surface area (Å²) >= 11 is 6.28. The van der Waals surface area contributed by atoms with Crippen LogP contribution in [0.1, 0.15) is 12.0 Å². The van der Waals surface area contributed by atoms with Gasteiger partial charge in [-0.1, -0.05) is 17.7 Å². The fourth-order valence-electron chi connectivity index (χ4n) is 3.35. The summed E-state index contributed by atoms with van der Waals surface area (Å²) in [5, 5.41) is 1.76. The van der Waals surface area contributed by atoms with Gasteiger partial charge in [0.15, 0.2) is 0 Å². The van der Waals surface area contributed by atoms with Gasteiger partial charge in [0, 0.05) is 30.0 Å². The van der Waals surface area contributed by atoms with Crippen LogP contribution >= 0.6 is 11.6 Å². The lowest BCUT2D eigenvalue weighted by Crippen LogP contribution is -2.52. The summed E-state index contributed by atoms with van der Waals surface area (Å²) in [6, 6.07) is 8.08. The van der Waals surface area contributed by atoms with E-state index in [-0.39, 0.29) is 5.60 Å². The van der Waals surface area contributed by atoms with Crippen LogP contribution in [0.2, 0.25) is 5.02 Å². The van der Waals surface area contributed by atoms with Crippen LogP contribution in [0.4, 0.5) is 5.82 Å². The number of anilines is 1. The van der Waals surface area contributed by atoms with E-state index < -0.39 is 0 Å². The molecule has 0 amide bonds. The van der Waals surface area contributed by atoms with Crippen molar-refractivity contribution < 1.29 is 9.47 Å². The Morgan fingerprint density at radius 1 is 1.23 bits per heavy atom. The Morgan fingerprint density at radius 3 is 2.95 bits per heavy atom. The normalized spacial score (nSPS) is 25.3. The van der Waals surface area contributed by atoms with Gasteiger partial charge in [-0.15, -0.1) is 0 Å². The Hall–Kier alpha value is -1.36. The third-order valence-corrected chi connectivity index (χ3v) is 4.96. The van der Waals surface area contributed by atoms with Crippen LogP contribution in [0.25, 0.3) is 10.9 Å². The average Bonchev–Trinajstić information content (AvgIpc) is 2.98. The van der Waals surface area contributed by atoms with Crippen LogP contribution in [0.15, 0.2) is 24.3 Å². The van der Waals surface area contributed by atoms with Gasteiger partial charge >= 0.3 is 0 Å². The molecule has 1 aromatic heterocycles. The molecule has 4 nitrogen and oxygen atoms in total. The molecule has 22 heavy (non-hydrogen) atoms. The van der Waals surface area contributed by atoms with E-state index in [1.54, 1.807) is 0 Å². The highest BCUT2D eigenvalue weighted by atomic mass is 35.5. The standard InChI is InChI=1S/C17H19ClN2O2/c1-12-2-4-14(18)13-3-5-15(19-16(12)13)20-7-9-22-17(10-20)6-8-21-11-17/h2-5H,6-11H2,1H3. The highest BCUT2D eigenvalue weighted by Gasteiger charge is 2.40. The minimum absolute atomic E-state index is 0.154. The molecule has 0 radical (unpaired) electrons. The molecule has 2 saturated heterocycles. The summed E-state index contributed by atoms with van der Waals surface area (Å²) in [4.78, 5) is 7.16. The molecule has 1 unspecified atom stereocenters. The maximum absolute atomic E-state index is 6.28. The molecule has 1 aromatic carbocycles. The van der Waals surface area contributed by atoms with Crippen LogP contribution < -0.4 is 4.90 Å². The van der Waals surface area contributed by atoms with Gasteiger partial charge < -0.3 is 14.4 Å². The molecule has 2 aromatic rings. The summed E-state index contributed by atoms with van der Waals surface area (Å²) in [5.74, 6) is 0.993. The largest absolute Gasteiger partial charge is 0.378 e. The van der Waals surface area contributed by atoms with Crippen LogP contribution in [0, 0.1) is 6.92 Å². The predicted octanol–water partition coefficient (Wildman–Crippen LogP) is 3.19. The average molecular weight is 319 g/mol. The maximum atomic E-state index is 6.28. The zero-order valence-corrected chi connectivity index (χ0v) is 13.4. The number of nitrogens with zero attached hydrogens (tertiary/aromatic N) is 2. The van der Waals surface area contributed by atoms with Crippen molar-refractivity contribution in [2.24, 2.45) is 0 Å². The molecule has 4 rings (SSSR count). The molecule has 1 atom stereocenters. The molecule has 2 fully saturated rings. The van der Waals surface area contributed by atoms with Crippen molar-refractivity contribution in [3.63, 3.8) is 0 Å². The first-order valence-corrected chi connectivity index (χ1v) is 8.07. The van der Waals surface area contributed by atoms with Crippen molar-refractivity contribution >= 4 is 28.3 Å². The Bertz CT molecular complexity index is 713. The first kappa shape index (κ1) is 14.2. The number of ether oxygens (including phenoxy) is 2. The maximum Gasteiger partial charge on any atom is 0.129 e. The Labute approximate surface area is 135 Å². The lowest BCUT2D eigenvalue weighted by Gasteiger charge is -2.40. The SMILES string of the molecule is Cc1ccc(Cl)c2ccc(N3CCOC4(CCOC4)C3)nc12. The lowest BCUT2D eigenvalue weighted by atomic mass is 10.0. The monoisotopic (exact) mass is 318 g/mol. The molecular formula is C17H19ClN2O2. The van der Waals surface area contributed by atoms with Gasteiger partial charge in [-0.25, -0.2) is 4.98 Å². The van der Waals surface area contributed by atoms with Gasteiger partial charge in [0.05, 0.1) is 25.3 Å². The van der Waals surface area contributed by atoms with E-state index in [4.69, 9.17) is 26.1 Å². The number of hydrogen-bond donors (Lipinski definition) is 0. The number of fused-ring (bicyclic) bond motifs is 1. The molecular weight excluding hydrogens is 300 g/mol. The molecule has 2 aliphatic heterocycles. The first-order valence-electron chi connectivity index (χ1n) is 7.69. The third-order valence-electron chi connectivity index (χ3n) is 4.63. The summed E-state index contributed by atoms with van der Waals surface area (Å²) in [6.45, 7) is 5.96. The number of halogens is 1. The van der Waals surface area contributed by atoms with Gasteiger partial charge in [-0.05, 0) is 30.7 Å². The Kier molecular flexibility index (Phi) is 3.48. The minimum Gasteiger partial charge on any atom is -0.378 e. The quantitative estimate of drug-likeness (QED) is 0.809. The molecule has 0 N–H and O–H groups in total. The second-order valence-corrected chi connectivity index (χ2v) is 6.59. The van der Waals surface area contributed by atoms with Crippen molar-refractivity contribution in [3.05, 3.63) is 34.9 Å². The molecule has 116 valence electrons. The molecule has 1 spiro atoms. The Balaban J connectivity index is 1.70. The molecule has 5 heteroatoms. The number of rotatable bonds is 1. The van der Waals surface area contributed by atoms with E-state index in [0.717, 1.165) is 60.0 Å². The van der Waals surface area contributed by atoms with E-state index in [1.165, 1.54) is 0 Å². The zero-order valence-electron chi connectivity index (χ0n) is 12.6. The summed E-state index contributed by atoms with van der Waals surface area (Å²) < 4.78 is 11.5. The number of morpholine rings is 1. The van der Waals surface area contributed by atoms with Crippen LogP contribution in [-0.2, 0) is 9.47 Å². The Morgan fingerprint density at radius 2 is 2.14 bits per heavy atom. The number of aromatic nitrogens is 1. The number of pyridine rings is 1. The first-order chi connectivity index (χ1) is 10.7. The van der Waals surface area contributed by atoms with Crippen LogP contribution in [0.3, 0.4) is 0 Å². The number of aryl methyl sites for hydroxylation is 1. The van der Waals surface area contributed by atoms with E-state index in [0.29, 0.717) is 6.61 Å². The van der Waals surface area contributed by atoms with Crippen molar-refractivity contribution in [1.29, 1.82) is 0 Å². The van der Waals surface area contributed by atoms with Gasteiger partial charge in [0.2, 0.25) is 0 Å². The van der Waals surface area contributed by atoms with Crippen molar-refractivity contribution in [3.8, 4) is 0 Å². The highest BCUT2D eigenvalue weighted by molar-refractivity contribution is 6.35. The van der Waals surface area contributed by atoms with Crippen LogP contribution in [-0.4, -0.2) is 43.5 Å². The molecule has 3 heterocycles. The van der Waals surface area contributed by atoms with Gasteiger partial charge in [0.1, 0.15) is 11.4 Å². The van der Waals surface area contributed by atoms with E-state index in [2.05, 4.69) is 24.0 Å². The van der Waals surface area contributed by atoms with E-state index in [9.17, 15) is 0 Å². The minimum atomic E-state index is -0.154. The van der Waals surface area contributed by atoms with Crippen molar-refractivity contribution in [2.45, 2.75) is 18.9 Å². The zero-order chi connectivity index (χ0) is 15.2. The lowest BCUT2D eigenvalue weighted by molar-refractivity contribution is -0.0581. The summed E-state index contributed by atoms with van der Waals surface area (Å²) in [7, 11) is 0. The van der Waals surface area contributed by atoms with Crippen molar-refractivity contribution in [1.82, 2.24) is 4.98 Å². The second kappa shape index (κ2) is 5.37. The molecule has 0 saturated carbocycles. The summed E-state index contributed by atoms with van der Waals surface area (Å²) in [6.07, 6.45) is 0.960. The molecule has 0 bridgehead atoms. The third kappa shape index (κ3) is 2.35. The van der Waals surface area contributed by atoms with Gasteiger partial charge in [-0.3, -0.25) is 0 Å². The van der Waals surface area contributed by atoms with Gasteiger partial charge in [-0.2, -0.15) is 0 Å². The van der Waals surface area contributed by atoms with E-state index >= 15 is 0 Å². The van der Waals surface area contributed by atoms with Crippen molar-refractivity contribution in [2.75, 3.05) is 37.8 Å². The second-order valence-electron chi connectivity index (χ2n) is 6.19. The van der Waals surface area contributed by atoms with Crippen LogP contribution in [0.5, 0.6) is 0 Å². The van der Waals surface area contributed by atoms with Gasteiger partial charge in [0.25, 0.3) is 0 Å². The number of benzene rings is 1. The topological polar surface area (TPSA) is 34.6 Å². The predicted molar refractivity (Wildman–Crippen MR) is 87.8 cm³/mol. The smallest absolute Gasteiger partial charge is 0.129 e.